The number of rotatable bonds is 3. The summed E-state index contributed by atoms with van der Waals surface area (Å²) in [6, 6.07) is 9.96. The van der Waals surface area contributed by atoms with E-state index in [0.29, 0.717) is 0 Å². The Balaban J connectivity index is 2.60. The van der Waals surface area contributed by atoms with Gasteiger partial charge >= 0.3 is 0 Å². The van der Waals surface area contributed by atoms with E-state index in [1.54, 1.807) is 18.7 Å². The number of carbonyl (C=O) groups excluding carboxylic acids is 1. The lowest BCUT2D eigenvalue weighted by Gasteiger charge is -1.93. The Morgan fingerprint density at radius 2 is 2.00 bits per heavy atom. The second-order valence-corrected chi connectivity index (χ2v) is 3.35. The Hall–Kier alpha value is -1.02. The third-order valence-electron chi connectivity index (χ3n) is 1.31. The average molecular weight is 178 g/mol. The summed E-state index contributed by atoms with van der Waals surface area (Å²) in [4.78, 5) is 11.4. The molecular formula is C10H10OS. The molecule has 2 heteroatoms. The maximum atomic E-state index is 10.2. The van der Waals surface area contributed by atoms with Gasteiger partial charge < -0.3 is 0 Å². The van der Waals surface area contributed by atoms with Gasteiger partial charge in [-0.2, -0.15) is 0 Å². The third-order valence-corrected chi connectivity index (χ3v) is 2.34. The number of benzene rings is 1. The molecule has 1 nitrogen and oxygen atoms in total. The lowest BCUT2D eigenvalue weighted by molar-refractivity contribution is -0.104. The van der Waals surface area contributed by atoms with Crippen LogP contribution in [0.25, 0.3) is 0 Å². The molecule has 0 atom stereocenters. The highest BCUT2D eigenvalue weighted by Gasteiger charge is 1.88. The predicted octanol–water partition coefficient (Wildman–Crippen LogP) is 2.88. The van der Waals surface area contributed by atoms with E-state index in [-0.39, 0.29) is 0 Å². The van der Waals surface area contributed by atoms with Crippen molar-refractivity contribution in [2.45, 2.75) is 11.8 Å². The molecule has 0 aliphatic heterocycles. The van der Waals surface area contributed by atoms with E-state index in [1.165, 1.54) is 0 Å². The molecule has 0 unspecified atom stereocenters. The van der Waals surface area contributed by atoms with Crippen LogP contribution in [-0.2, 0) is 4.79 Å². The Labute approximate surface area is 76.5 Å². The molecule has 0 radical (unpaired) electrons. The van der Waals surface area contributed by atoms with E-state index in [4.69, 9.17) is 0 Å². The molecule has 1 aromatic carbocycles. The van der Waals surface area contributed by atoms with Crippen LogP contribution in [0.5, 0.6) is 0 Å². The quantitative estimate of drug-likeness (QED) is 0.402. The van der Waals surface area contributed by atoms with Gasteiger partial charge in [0.1, 0.15) is 6.29 Å². The minimum atomic E-state index is 0.754. The molecule has 0 aliphatic carbocycles. The minimum absolute atomic E-state index is 0.754. The van der Waals surface area contributed by atoms with Crippen LogP contribution in [0.4, 0.5) is 0 Å². The summed E-state index contributed by atoms with van der Waals surface area (Å²) in [6.45, 7) is 1.79. The zero-order valence-corrected chi connectivity index (χ0v) is 7.67. The zero-order valence-electron chi connectivity index (χ0n) is 6.86. The molecule has 0 saturated carbocycles. The van der Waals surface area contributed by atoms with Gasteiger partial charge in [0, 0.05) is 4.90 Å². The number of hydrogen-bond donors (Lipinski definition) is 0. The molecule has 62 valence electrons. The average Bonchev–Trinajstić information content (AvgIpc) is 2.16. The van der Waals surface area contributed by atoms with Crippen LogP contribution in [0.2, 0.25) is 0 Å². The van der Waals surface area contributed by atoms with E-state index in [9.17, 15) is 4.79 Å². The Bertz CT molecular complexity index is 277. The van der Waals surface area contributed by atoms with E-state index in [1.807, 2.05) is 35.7 Å². The van der Waals surface area contributed by atoms with E-state index >= 15 is 0 Å². The van der Waals surface area contributed by atoms with Gasteiger partial charge in [-0.25, -0.2) is 0 Å². The highest BCUT2D eigenvalue weighted by Crippen LogP contribution is 2.19. The van der Waals surface area contributed by atoms with Gasteiger partial charge in [-0.15, -0.1) is 0 Å². The first-order valence-electron chi connectivity index (χ1n) is 3.66. The molecule has 0 aromatic heterocycles. The summed E-state index contributed by atoms with van der Waals surface area (Å²) in [7, 11) is 0. The molecule has 0 spiro atoms. The fourth-order valence-corrected chi connectivity index (χ4v) is 1.38. The normalized spacial score (nSPS) is 11.2. The standard InChI is InChI=1S/C10H10OS/c1-9(7-11)8-12-10-5-3-2-4-6-10/h2-8H,1H3/b9-8+. The molecule has 0 aliphatic rings. The van der Waals surface area contributed by atoms with Gasteiger partial charge in [0.2, 0.25) is 0 Å². The number of thioether (sulfide) groups is 1. The molecule has 0 heterocycles. The van der Waals surface area contributed by atoms with Crippen molar-refractivity contribution in [3.8, 4) is 0 Å². The zero-order chi connectivity index (χ0) is 8.81. The van der Waals surface area contributed by atoms with Crippen LogP contribution in [0.3, 0.4) is 0 Å². The monoisotopic (exact) mass is 178 g/mol. The van der Waals surface area contributed by atoms with Crippen LogP contribution in [0, 0.1) is 0 Å². The van der Waals surface area contributed by atoms with Crippen molar-refractivity contribution in [2.24, 2.45) is 0 Å². The lowest BCUT2D eigenvalue weighted by Crippen LogP contribution is -1.72. The number of carbonyl (C=O) groups is 1. The highest BCUT2D eigenvalue weighted by atomic mass is 32.2. The SMILES string of the molecule is C/C(C=O)=C\Sc1ccccc1. The molecule has 1 aromatic rings. The lowest BCUT2D eigenvalue weighted by atomic mass is 10.4. The number of hydrogen-bond acceptors (Lipinski definition) is 2. The molecule has 0 amide bonds. The highest BCUT2D eigenvalue weighted by molar-refractivity contribution is 8.02. The topological polar surface area (TPSA) is 17.1 Å². The third kappa shape index (κ3) is 2.93. The van der Waals surface area contributed by atoms with Crippen molar-refractivity contribution >= 4 is 18.0 Å². The van der Waals surface area contributed by atoms with Crippen molar-refractivity contribution in [3.05, 3.63) is 41.3 Å². The maximum Gasteiger partial charge on any atom is 0.146 e. The molecule has 0 fully saturated rings. The fourth-order valence-electron chi connectivity index (χ4n) is 0.688. The Morgan fingerprint density at radius 1 is 1.33 bits per heavy atom. The Kier molecular flexibility index (Phi) is 3.61. The predicted molar refractivity (Wildman–Crippen MR) is 52.1 cm³/mol. The molecule has 0 bridgehead atoms. The Morgan fingerprint density at radius 3 is 2.58 bits per heavy atom. The minimum Gasteiger partial charge on any atom is -0.298 e. The second-order valence-electron chi connectivity index (χ2n) is 2.41. The smallest absolute Gasteiger partial charge is 0.146 e. The van der Waals surface area contributed by atoms with Crippen molar-refractivity contribution < 1.29 is 4.79 Å². The number of allylic oxidation sites excluding steroid dienone is 1. The van der Waals surface area contributed by atoms with E-state index < -0.39 is 0 Å². The van der Waals surface area contributed by atoms with Crippen LogP contribution in [0.15, 0.2) is 46.2 Å². The summed E-state index contributed by atoms with van der Waals surface area (Å²) in [5.41, 5.74) is 0.754. The summed E-state index contributed by atoms with van der Waals surface area (Å²) < 4.78 is 0. The van der Waals surface area contributed by atoms with Gasteiger partial charge in [0.15, 0.2) is 0 Å². The van der Waals surface area contributed by atoms with Crippen LogP contribution in [-0.4, -0.2) is 6.29 Å². The van der Waals surface area contributed by atoms with Gasteiger partial charge in [-0.05, 0) is 30.0 Å². The van der Waals surface area contributed by atoms with Gasteiger partial charge in [-0.1, -0.05) is 30.0 Å². The first-order chi connectivity index (χ1) is 5.83. The van der Waals surface area contributed by atoms with Crippen LogP contribution in [0.1, 0.15) is 6.92 Å². The van der Waals surface area contributed by atoms with Gasteiger partial charge in [-0.3, -0.25) is 4.79 Å². The molecule has 0 saturated heterocycles. The van der Waals surface area contributed by atoms with Crippen LogP contribution >= 0.6 is 11.8 Å². The molecule has 1 rings (SSSR count). The first kappa shape index (κ1) is 9.07. The summed E-state index contributed by atoms with van der Waals surface area (Å²) in [5, 5.41) is 1.85. The van der Waals surface area contributed by atoms with Crippen molar-refractivity contribution in [1.82, 2.24) is 0 Å². The van der Waals surface area contributed by atoms with Crippen molar-refractivity contribution in [3.63, 3.8) is 0 Å². The van der Waals surface area contributed by atoms with Gasteiger partial charge in [0.05, 0.1) is 0 Å². The maximum absolute atomic E-state index is 10.2. The summed E-state index contributed by atoms with van der Waals surface area (Å²) in [6.07, 6.45) is 0.857. The van der Waals surface area contributed by atoms with Gasteiger partial charge in [0.25, 0.3) is 0 Å². The van der Waals surface area contributed by atoms with E-state index in [0.717, 1.165) is 16.8 Å². The van der Waals surface area contributed by atoms with Crippen LogP contribution < -0.4 is 0 Å². The number of aldehydes is 1. The fraction of sp³-hybridized carbons (Fsp3) is 0.100. The molecular weight excluding hydrogens is 168 g/mol. The van der Waals surface area contributed by atoms with Crippen molar-refractivity contribution in [2.75, 3.05) is 0 Å². The summed E-state index contributed by atoms with van der Waals surface area (Å²) >= 11 is 1.56. The largest absolute Gasteiger partial charge is 0.298 e. The summed E-state index contributed by atoms with van der Waals surface area (Å²) in [5.74, 6) is 0. The van der Waals surface area contributed by atoms with Crippen molar-refractivity contribution in [1.29, 1.82) is 0 Å². The second kappa shape index (κ2) is 4.78. The molecule has 0 N–H and O–H groups in total. The first-order valence-corrected chi connectivity index (χ1v) is 4.54. The van der Waals surface area contributed by atoms with E-state index in [2.05, 4.69) is 0 Å². The molecule has 12 heavy (non-hydrogen) atoms.